The van der Waals surface area contributed by atoms with Gasteiger partial charge in [0.1, 0.15) is 0 Å². The molecule has 3 nitrogen and oxygen atoms in total. The van der Waals surface area contributed by atoms with Gasteiger partial charge in [0.25, 0.3) is 0 Å². The normalized spacial score (nSPS) is 14.1. The van der Waals surface area contributed by atoms with E-state index in [1.807, 2.05) is 0 Å². The summed E-state index contributed by atoms with van der Waals surface area (Å²) in [5.74, 6) is 0. The maximum absolute atomic E-state index is 4.51. The third kappa shape index (κ3) is 2.58. The molecule has 0 saturated carbocycles. The van der Waals surface area contributed by atoms with E-state index in [9.17, 15) is 0 Å². The maximum atomic E-state index is 4.51. The fourth-order valence-corrected chi connectivity index (χ4v) is 3.15. The molecule has 0 bridgehead atoms. The number of hydrogen-bond donors (Lipinski definition) is 1. The minimum absolute atomic E-state index is 0.852. The maximum Gasteiger partial charge on any atom is 0.0597 e. The van der Waals surface area contributed by atoms with Gasteiger partial charge in [-0.1, -0.05) is 12.1 Å². The average molecular weight is 269 g/mol. The molecule has 0 saturated heterocycles. The van der Waals surface area contributed by atoms with E-state index < -0.39 is 0 Å². The van der Waals surface area contributed by atoms with Crippen LogP contribution < -0.4 is 5.32 Å². The van der Waals surface area contributed by atoms with Crippen molar-refractivity contribution in [3.05, 3.63) is 46.8 Å². The van der Waals surface area contributed by atoms with Crippen LogP contribution in [0.2, 0.25) is 0 Å². The third-order valence-electron chi connectivity index (χ3n) is 4.14. The Morgan fingerprint density at radius 3 is 2.95 bits per heavy atom. The topological polar surface area (TPSA) is 29.9 Å². The average Bonchev–Trinajstić information content (AvgIpc) is 2.85. The van der Waals surface area contributed by atoms with E-state index in [0.29, 0.717) is 0 Å². The highest BCUT2D eigenvalue weighted by atomic mass is 15.3. The first kappa shape index (κ1) is 13.2. The number of anilines is 1. The summed E-state index contributed by atoms with van der Waals surface area (Å²) in [5.41, 5.74) is 6.72. The zero-order valence-corrected chi connectivity index (χ0v) is 12.4. The van der Waals surface area contributed by atoms with Crippen molar-refractivity contribution in [2.24, 2.45) is 0 Å². The van der Waals surface area contributed by atoms with Crippen LogP contribution in [0.4, 0.5) is 5.69 Å². The second-order valence-electron chi connectivity index (χ2n) is 5.60. The van der Waals surface area contributed by atoms with Crippen molar-refractivity contribution in [1.82, 2.24) is 9.78 Å². The highest BCUT2D eigenvalue weighted by Gasteiger charge is 2.13. The van der Waals surface area contributed by atoms with Crippen molar-refractivity contribution in [2.45, 2.75) is 52.6 Å². The van der Waals surface area contributed by atoms with E-state index in [0.717, 1.165) is 18.8 Å². The summed E-state index contributed by atoms with van der Waals surface area (Å²) in [4.78, 5) is 0. The van der Waals surface area contributed by atoms with E-state index in [2.05, 4.69) is 53.2 Å². The first-order valence-corrected chi connectivity index (χ1v) is 7.66. The second kappa shape index (κ2) is 5.70. The molecular weight excluding hydrogens is 246 g/mol. The number of benzene rings is 1. The van der Waals surface area contributed by atoms with Crippen LogP contribution in [0.1, 0.15) is 42.3 Å². The van der Waals surface area contributed by atoms with Crippen molar-refractivity contribution in [1.29, 1.82) is 0 Å². The van der Waals surface area contributed by atoms with E-state index in [4.69, 9.17) is 0 Å². The Balaban J connectivity index is 1.78. The molecule has 1 aliphatic carbocycles. The molecule has 0 atom stereocenters. The zero-order valence-electron chi connectivity index (χ0n) is 12.4. The summed E-state index contributed by atoms with van der Waals surface area (Å²) < 4.78 is 2.08. The standard InChI is InChI=1S/C17H23N3/c1-3-20-15(11-13(2)19-20)12-18-17-10-6-8-14-7-4-5-9-16(14)17/h6,8,10-11,18H,3-5,7,9,12H2,1-2H3. The number of aromatic nitrogens is 2. The summed E-state index contributed by atoms with van der Waals surface area (Å²) in [6, 6.07) is 8.84. The van der Waals surface area contributed by atoms with Gasteiger partial charge in [0, 0.05) is 12.2 Å². The van der Waals surface area contributed by atoms with Crippen LogP contribution in [-0.4, -0.2) is 9.78 Å². The molecule has 1 heterocycles. The Hall–Kier alpha value is -1.77. The van der Waals surface area contributed by atoms with E-state index in [1.54, 1.807) is 0 Å². The zero-order chi connectivity index (χ0) is 13.9. The SMILES string of the molecule is CCn1nc(C)cc1CNc1cccc2c1CCCC2. The Morgan fingerprint density at radius 2 is 2.10 bits per heavy atom. The van der Waals surface area contributed by atoms with Crippen molar-refractivity contribution in [3.63, 3.8) is 0 Å². The van der Waals surface area contributed by atoms with Crippen LogP contribution in [0.5, 0.6) is 0 Å². The Bertz CT molecular complexity index is 598. The Morgan fingerprint density at radius 1 is 1.25 bits per heavy atom. The molecule has 0 aliphatic heterocycles. The lowest BCUT2D eigenvalue weighted by atomic mass is 9.90. The van der Waals surface area contributed by atoms with Crippen LogP contribution in [0.3, 0.4) is 0 Å². The molecule has 0 spiro atoms. The number of aryl methyl sites for hydroxylation is 3. The molecule has 0 fully saturated rings. The quantitative estimate of drug-likeness (QED) is 0.917. The summed E-state index contributed by atoms with van der Waals surface area (Å²) in [7, 11) is 0. The monoisotopic (exact) mass is 269 g/mol. The van der Waals surface area contributed by atoms with E-state index >= 15 is 0 Å². The van der Waals surface area contributed by atoms with Crippen LogP contribution in [0.25, 0.3) is 0 Å². The van der Waals surface area contributed by atoms with Gasteiger partial charge in [0.2, 0.25) is 0 Å². The van der Waals surface area contributed by atoms with Gasteiger partial charge in [-0.05, 0) is 62.8 Å². The first-order valence-electron chi connectivity index (χ1n) is 7.66. The van der Waals surface area contributed by atoms with Gasteiger partial charge < -0.3 is 5.32 Å². The molecule has 3 rings (SSSR count). The van der Waals surface area contributed by atoms with Crippen molar-refractivity contribution >= 4 is 5.69 Å². The summed E-state index contributed by atoms with van der Waals surface area (Å²) in [6.07, 6.45) is 5.09. The van der Waals surface area contributed by atoms with Gasteiger partial charge >= 0.3 is 0 Å². The molecule has 20 heavy (non-hydrogen) atoms. The summed E-state index contributed by atoms with van der Waals surface area (Å²) in [5, 5.41) is 8.12. The molecule has 3 heteroatoms. The Kier molecular flexibility index (Phi) is 3.77. The molecule has 0 radical (unpaired) electrons. The highest BCUT2D eigenvalue weighted by Crippen LogP contribution is 2.28. The second-order valence-corrected chi connectivity index (χ2v) is 5.60. The van der Waals surface area contributed by atoms with Crippen LogP contribution >= 0.6 is 0 Å². The lowest BCUT2D eigenvalue weighted by molar-refractivity contribution is 0.622. The molecule has 2 aromatic rings. The number of fused-ring (bicyclic) bond motifs is 1. The van der Waals surface area contributed by atoms with Gasteiger partial charge in [0.15, 0.2) is 0 Å². The van der Waals surface area contributed by atoms with Crippen LogP contribution in [0, 0.1) is 6.92 Å². The number of rotatable bonds is 4. The molecular formula is C17H23N3. The first-order chi connectivity index (χ1) is 9.78. The van der Waals surface area contributed by atoms with Gasteiger partial charge in [-0.25, -0.2) is 0 Å². The Labute approximate surface area is 121 Å². The van der Waals surface area contributed by atoms with Crippen molar-refractivity contribution in [2.75, 3.05) is 5.32 Å². The van der Waals surface area contributed by atoms with Crippen molar-refractivity contribution in [3.8, 4) is 0 Å². The fourth-order valence-electron chi connectivity index (χ4n) is 3.15. The summed E-state index contributed by atoms with van der Waals surface area (Å²) in [6.45, 7) is 5.98. The van der Waals surface area contributed by atoms with Gasteiger partial charge in [-0.15, -0.1) is 0 Å². The molecule has 1 N–H and O–H groups in total. The predicted molar refractivity (Wildman–Crippen MR) is 83.0 cm³/mol. The van der Waals surface area contributed by atoms with Gasteiger partial charge in [-0.2, -0.15) is 5.10 Å². The fraction of sp³-hybridized carbons (Fsp3) is 0.471. The van der Waals surface area contributed by atoms with Gasteiger partial charge in [0.05, 0.1) is 17.9 Å². The lowest BCUT2D eigenvalue weighted by Crippen LogP contribution is -2.11. The molecule has 0 unspecified atom stereocenters. The predicted octanol–water partition coefficient (Wildman–Crippen LogP) is 3.70. The number of nitrogens with zero attached hydrogens (tertiary/aromatic N) is 2. The number of nitrogens with one attached hydrogen (secondary N) is 1. The summed E-state index contributed by atoms with van der Waals surface area (Å²) >= 11 is 0. The van der Waals surface area contributed by atoms with Crippen LogP contribution in [0.15, 0.2) is 24.3 Å². The largest absolute Gasteiger partial charge is 0.379 e. The molecule has 1 aromatic carbocycles. The molecule has 1 aromatic heterocycles. The van der Waals surface area contributed by atoms with Crippen LogP contribution in [-0.2, 0) is 25.9 Å². The molecule has 106 valence electrons. The van der Waals surface area contributed by atoms with Gasteiger partial charge in [-0.3, -0.25) is 4.68 Å². The van der Waals surface area contributed by atoms with E-state index in [-0.39, 0.29) is 0 Å². The minimum atomic E-state index is 0.852. The smallest absolute Gasteiger partial charge is 0.0597 e. The molecule has 0 amide bonds. The van der Waals surface area contributed by atoms with E-state index in [1.165, 1.54) is 48.2 Å². The minimum Gasteiger partial charge on any atom is -0.379 e. The number of hydrogen-bond acceptors (Lipinski definition) is 2. The highest BCUT2D eigenvalue weighted by molar-refractivity contribution is 5.55. The third-order valence-corrected chi connectivity index (χ3v) is 4.14. The molecule has 1 aliphatic rings. The lowest BCUT2D eigenvalue weighted by Gasteiger charge is -2.20. The van der Waals surface area contributed by atoms with Crippen molar-refractivity contribution < 1.29 is 0 Å².